The highest BCUT2D eigenvalue weighted by Gasteiger charge is 2.28. The zero-order chi connectivity index (χ0) is 11.7. The molecule has 84 valence electrons. The van der Waals surface area contributed by atoms with E-state index in [-0.39, 0.29) is 11.2 Å². The summed E-state index contributed by atoms with van der Waals surface area (Å²) in [4.78, 5) is 15.7. The average Bonchev–Trinajstić information content (AvgIpc) is 2.51. The number of nitrogens with one attached hydrogen (secondary N) is 2. The van der Waals surface area contributed by atoms with Crippen LogP contribution in [0.4, 0.5) is 5.82 Å². The fourth-order valence-corrected chi connectivity index (χ4v) is 1.83. The topological polar surface area (TPSA) is 59.0 Å². The third kappa shape index (κ3) is 1.82. The molecule has 0 saturated heterocycles. The van der Waals surface area contributed by atoms with Crippen LogP contribution in [0.3, 0.4) is 0 Å². The normalized spacial score (nSPS) is 17.9. The molecule has 1 amide bonds. The Morgan fingerprint density at radius 1 is 1.56 bits per heavy atom. The van der Waals surface area contributed by atoms with Crippen molar-refractivity contribution in [3.63, 3.8) is 0 Å². The molecule has 1 aliphatic heterocycles. The van der Waals surface area contributed by atoms with Crippen LogP contribution in [0.25, 0.3) is 0 Å². The molecule has 5 nitrogen and oxygen atoms in total. The zero-order valence-corrected chi connectivity index (χ0v) is 9.85. The molecule has 0 fully saturated rings. The number of imidazole rings is 1. The number of hydrogen-bond acceptors (Lipinski definition) is 3. The molecule has 0 saturated carbocycles. The second-order valence-electron chi connectivity index (χ2n) is 3.07. The number of amides is 1. The number of fused-ring (bicyclic) bond motifs is 1. The molecule has 0 spiro atoms. The van der Waals surface area contributed by atoms with Crippen LogP contribution in [-0.2, 0) is 6.54 Å². The van der Waals surface area contributed by atoms with E-state index in [9.17, 15) is 4.79 Å². The molecule has 1 aromatic rings. The van der Waals surface area contributed by atoms with Gasteiger partial charge in [0.25, 0.3) is 5.91 Å². The van der Waals surface area contributed by atoms with E-state index in [1.54, 1.807) is 6.92 Å². The summed E-state index contributed by atoms with van der Waals surface area (Å²) in [7, 11) is 0. The number of anilines is 1. The van der Waals surface area contributed by atoms with Gasteiger partial charge in [-0.15, -0.1) is 5.92 Å². The lowest BCUT2D eigenvalue weighted by Crippen LogP contribution is -2.42. The summed E-state index contributed by atoms with van der Waals surface area (Å²) in [6.45, 7) is 2.03. The van der Waals surface area contributed by atoms with E-state index in [1.807, 2.05) is 0 Å². The average molecular weight is 259 g/mol. The number of rotatable bonds is 1. The predicted molar refractivity (Wildman–Crippen MR) is 61.4 cm³/mol. The SMILES string of the molecule is CC#CCn1c(Cl)nc2c1C(=O)NC(Cl)N2. The smallest absolute Gasteiger partial charge is 0.274 e. The van der Waals surface area contributed by atoms with Crippen molar-refractivity contribution in [1.82, 2.24) is 14.9 Å². The molecule has 16 heavy (non-hydrogen) atoms. The quantitative estimate of drug-likeness (QED) is 0.453. The fourth-order valence-electron chi connectivity index (χ4n) is 1.40. The number of halogens is 2. The lowest BCUT2D eigenvalue weighted by atomic mass is 10.3. The molecular weight excluding hydrogens is 251 g/mol. The van der Waals surface area contributed by atoms with Gasteiger partial charge in [0, 0.05) is 0 Å². The standard InChI is InChI=1S/C9H8Cl2N4O/c1-2-3-4-15-5-6(13-9(15)11)12-8(10)14-7(5)16/h8,12H,4H2,1H3,(H,14,16). The molecular formula is C9H8Cl2N4O. The van der Waals surface area contributed by atoms with E-state index in [0.29, 0.717) is 18.1 Å². The van der Waals surface area contributed by atoms with Crippen molar-refractivity contribution in [1.29, 1.82) is 0 Å². The van der Waals surface area contributed by atoms with Gasteiger partial charge in [0.15, 0.2) is 17.1 Å². The highest BCUT2D eigenvalue weighted by molar-refractivity contribution is 6.29. The van der Waals surface area contributed by atoms with Gasteiger partial charge in [-0.1, -0.05) is 17.5 Å². The number of hydrogen-bond donors (Lipinski definition) is 2. The van der Waals surface area contributed by atoms with Crippen LogP contribution in [-0.4, -0.2) is 21.1 Å². The van der Waals surface area contributed by atoms with Crippen LogP contribution in [0.1, 0.15) is 17.4 Å². The summed E-state index contributed by atoms with van der Waals surface area (Å²) in [5, 5.41) is 5.52. The maximum Gasteiger partial charge on any atom is 0.274 e. The van der Waals surface area contributed by atoms with Crippen LogP contribution in [0.5, 0.6) is 0 Å². The number of nitrogens with zero attached hydrogens (tertiary/aromatic N) is 2. The lowest BCUT2D eigenvalue weighted by Gasteiger charge is -2.20. The van der Waals surface area contributed by atoms with Crippen molar-refractivity contribution in [2.75, 3.05) is 5.32 Å². The number of alkyl halides is 1. The van der Waals surface area contributed by atoms with Crippen molar-refractivity contribution in [2.45, 2.75) is 19.1 Å². The molecule has 2 rings (SSSR count). The Morgan fingerprint density at radius 2 is 2.31 bits per heavy atom. The number of aromatic nitrogens is 2. The summed E-state index contributed by atoms with van der Waals surface area (Å²) < 4.78 is 1.53. The maximum atomic E-state index is 11.7. The van der Waals surface area contributed by atoms with Gasteiger partial charge in [0.1, 0.15) is 0 Å². The highest BCUT2D eigenvalue weighted by Crippen LogP contribution is 2.24. The van der Waals surface area contributed by atoms with E-state index in [1.165, 1.54) is 4.57 Å². The van der Waals surface area contributed by atoms with Crippen LogP contribution in [0.2, 0.25) is 5.28 Å². The number of carbonyl (C=O) groups is 1. The minimum Gasteiger partial charge on any atom is -0.335 e. The summed E-state index contributed by atoms with van der Waals surface area (Å²) in [6.07, 6.45) is 0. The highest BCUT2D eigenvalue weighted by atomic mass is 35.5. The molecule has 1 atom stereocenters. The van der Waals surface area contributed by atoms with E-state index >= 15 is 0 Å². The third-order valence-corrected chi connectivity index (χ3v) is 2.58. The molecule has 0 aliphatic carbocycles. The van der Waals surface area contributed by atoms with Crippen molar-refractivity contribution in [2.24, 2.45) is 0 Å². The molecule has 1 unspecified atom stereocenters. The first kappa shape index (κ1) is 11.1. The summed E-state index contributed by atoms with van der Waals surface area (Å²) in [5.74, 6) is 5.62. The molecule has 2 heterocycles. The van der Waals surface area contributed by atoms with E-state index in [0.717, 1.165) is 0 Å². The van der Waals surface area contributed by atoms with E-state index in [4.69, 9.17) is 23.2 Å². The molecule has 0 aromatic carbocycles. The summed E-state index contributed by atoms with van der Waals surface area (Å²) in [5.41, 5.74) is -0.318. The Kier molecular flexibility index (Phi) is 2.95. The van der Waals surface area contributed by atoms with Crippen molar-refractivity contribution in [3.8, 4) is 11.8 Å². The van der Waals surface area contributed by atoms with Gasteiger partial charge in [0.05, 0.1) is 6.54 Å². The summed E-state index contributed by atoms with van der Waals surface area (Å²) in [6, 6.07) is 0. The van der Waals surface area contributed by atoms with Gasteiger partial charge in [-0.25, -0.2) is 0 Å². The molecule has 0 radical (unpaired) electrons. The Balaban J connectivity index is 2.46. The van der Waals surface area contributed by atoms with E-state index in [2.05, 4.69) is 27.5 Å². The molecule has 0 bridgehead atoms. The molecule has 7 heteroatoms. The van der Waals surface area contributed by atoms with Crippen molar-refractivity contribution < 1.29 is 4.79 Å². The second kappa shape index (κ2) is 4.24. The first-order valence-electron chi connectivity index (χ1n) is 4.50. The third-order valence-electron chi connectivity index (χ3n) is 2.07. The van der Waals surface area contributed by atoms with Gasteiger partial charge in [-0.05, 0) is 18.5 Å². The minimum absolute atomic E-state index is 0.209. The van der Waals surface area contributed by atoms with Crippen LogP contribution in [0, 0.1) is 11.8 Å². The first-order chi connectivity index (χ1) is 7.63. The minimum atomic E-state index is -0.670. The molecule has 1 aromatic heterocycles. The zero-order valence-electron chi connectivity index (χ0n) is 8.34. The van der Waals surface area contributed by atoms with Gasteiger partial charge in [-0.2, -0.15) is 4.98 Å². The van der Waals surface area contributed by atoms with Crippen LogP contribution in [0.15, 0.2) is 0 Å². The fraction of sp³-hybridized carbons (Fsp3) is 0.333. The molecule has 2 N–H and O–H groups in total. The largest absolute Gasteiger partial charge is 0.335 e. The monoisotopic (exact) mass is 258 g/mol. The lowest BCUT2D eigenvalue weighted by molar-refractivity contribution is 0.0938. The van der Waals surface area contributed by atoms with Gasteiger partial charge in [-0.3, -0.25) is 9.36 Å². The Morgan fingerprint density at radius 3 is 3.00 bits per heavy atom. The maximum absolute atomic E-state index is 11.7. The Hall–Kier alpha value is -1.38. The second-order valence-corrected chi connectivity index (χ2v) is 3.85. The number of carbonyl (C=O) groups excluding carboxylic acids is 1. The van der Waals surface area contributed by atoms with Crippen molar-refractivity contribution in [3.05, 3.63) is 11.0 Å². The summed E-state index contributed by atoms with van der Waals surface area (Å²) >= 11 is 11.6. The Bertz CT molecular complexity index is 500. The Labute approximate surface area is 102 Å². The van der Waals surface area contributed by atoms with Crippen LogP contribution < -0.4 is 10.6 Å². The van der Waals surface area contributed by atoms with Gasteiger partial charge >= 0.3 is 0 Å². The first-order valence-corrected chi connectivity index (χ1v) is 5.32. The van der Waals surface area contributed by atoms with E-state index < -0.39 is 5.62 Å². The van der Waals surface area contributed by atoms with Gasteiger partial charge < -0.3 is 10.6 Å². The predicted octanol–water partition coefficient (Wildman–Crippen LogP) is 1.24. The van der Waals surface area contributed by atoms with Crippen LogP contribution >= 0.6 is 23.2 Å². The van der Waals surface area contributed by atoms with Gasteiger partial charge in [0.2, 0.25) is 5.28 Å². The molecule has 1 aliphatic rings. The van der Waals surface area contributed by atoms with Crippen molar-refractivity contribution >= 4 is 34.9 Å².